The summed E-state index contributed by atoms with van der Waals surface area (Å²) in [5, 5.41) is 3.07. The first-order valence-corrected chi connectivity index (χ1v) is 6.03. The van der Waals surface area contributed by atoms with Gasteiger partial charge in [-0.1, -0.05) is 13.0 Å². The molecule has 1 aromatic carbocycles. The summed E-state index contributed by atoms with van der Waals surface area (Å²) in [5.41, 5.74) is 1.72. The first-order chi connectivity index (χ1) is 9.06. The van der Waals surface area contributed by atoms with E-state index in [0.29, 0.717) is 12.5 Å². The summed E-state index contributed by atoms with van der Waals surface area (Å²) in [6.07, 6.45) is 3.44. The number of nitrogens with one attached hydrogen (secondary N) is 1. The Bertz CT molecular complexity index is 555. The molecule has 5 heteroatoms. The largest absolute Gasteiger partial charge is 0.354 e. The van der Waals surface area contributed by atoms with Gasteiger partial charge < -0.3 is 5.32 Å². The lowest BCUT2D eigenvalue weighted by Gasteiger charge is -2.13. The fourth-order valence-corrected chi connectivity index (χ4v) is 1.67. The summed E-state index contributed by atoms with van der Waals surface area (Å²) in [5.74, 6) is -1.10. The fourth-order valence-electron chi connectivity index (χ4n) is 1.67. The van der Waals surface area contributed by atoms with Gasteiger partial charge in [0, 0.05) is 18.9 Å². The normalized spacial score (nSPS) is 12.2. The quantitative estimate of drug-likeness (QED) is 0.919. The van der Waals surface area contributed by atoms with Crippen molar-refractivity contribution in [3.05, 3.63) is 53.4 Å². The van der Waals surface area contributed by atoms with E-state index in [1.54, 1.807) is 18.5 Å². The van der Waals surface area contributed by atoms with Gasteiger partial charge >= 0.3 is 0 Å². The third-order valence-electron chi connectivity index (χ3n) is 2.86. The molecule has 1 heterocycles. The SMILES string of the molecule is Cc1cnc(NCC(C)c2ccc(F)c(F)c2)nc1. The second kappa shape index (κ2) is 5.73. The van der Waals surface area contributed by atoms with Gasteiger partial charge in [0.05, 0.1) is 0 Å². The highest BCUT2D eigenvalue weighted by Gasteiger charge is 2.09. The van der Waals surface area contributed by atoms with Gasteiger partial charge in [0.15, 0.2) is 11.6 Å². The molecule has 0 saturated heterocycles. The summed E-state index contributed by atoms with van der Waals surface area (Å²) >= 11 is 0. The molecule has 19 heavy (non-hydrogen) atoms. The number of rotatable bonds is 4. The van der Waals surface area contributed by atoms with E-state index in [2.05, 4.69) is 15.3 Å². The minimum atomic E-state index is -0.828. The summed E-state index contributed by atoms with van der Waals surface area (Å²) in [4.78, 5) is 8.24. The Labute approximate surface area is 110 Å². The molecule has 1 unspecified atom stereocenters. The van der Waals surface area contributed by atoms with E-state index in [1.807, 2.05) is 13.8 Å². The standard InChI is InChI=1S/C14H15F2N3/c1-9-6-17-14(18-7-9)19-8-10(2)11-3-4-12(15)13(16)5-11/h3-7,10H,8H2,1-2H3,(H,17,18,19). The van der Waals surface area contributed by atoms with E-state index >= 15 is 0 Å². The summed E-state index contributed by atoms with van der Waals surface area (Å²) in [6, 6.07) is 3.95. The van der Waals surface area contributed by atoms with E-state index < -0.39 is 11.6 Å². The maximum Gasteiger partial charge on any atom is 0.222 e. The molecule has 0 spiro atoms. The Balaban J connectivity index is 1.98. The van der Waals surface area contributed by atoms with Crippen molar-refractivity contribution in [1.82, 2.24) is 9.97 Å². The molecule has 0 saturated carbocycles. The minimum absolute atomic E-state index is 0.0278. The van der Waals surface area contributed by atoms with Gasteiger partial charge in [0.2, 0.25) is 5.95 Å². The molecule has 1 aromatic heterocycles. The summed E-state index contributed by atoms with van der Waals surface area (Å²) in [6.45, 7) is 4.38. The van der Waals surface area contributed by atoms with E-state index in [4.69, 9.17) is 0 Å². The minimum Gasteiger partial charge on any atom is -0.354 e. The molecule has 0 aliphatic rings. The number of nitrogens with zero attached hydrogens (tertiary/aromatic N) is 2. The van der Waals surface area contributed by atoms with E-state index in [1.165, 1.54) is 6.07 Å². The Kier molecular flexibility index (Phi) is 4.04. The zero-order chi connectivity index (χ0) is 13.8. The first-order valence-electron chi connectivity index (χ1n) is 6.03. The molecule has 0 aliphatic heterocycles. The molecular formula is C14H15F2N3. The monoisotopic (exact) mass is 263 g/mol. The lowest BCUT2D eigenvalue weighted by atomic mass is 10.0. The smallest absolute Gasteiger partial charge is 0.222 e. The van der Waals surface area contributed by atoms with Crippen LogP contribution in [0, 0.1) is 18.6 Å². The highest BCUT2D eigenvalue weighted by Crippen LogP contribution is 2.18. The molecule has 2 rings (SSSR count). The number of hydrogen-bond acceptors (Lipinski definition) is 3. The van der Waals surface area contributed by atoms with Crippen molar-refractivity contribution in [2.45, 2.75) is 19.8 Å². The lowest BCUT2D eigenvalue weighted by molar-refractivity contribution is 0.506. The summed E-state index contributed by atoms with van der Waals surface area (Å²) < 4.78 is 26.0. The van der Waals surface area contributed by atoms with E-state index in [-0.39, 0.29) is 5.92 Å². The molecule has 100 valence electrons. The van der Waals surface area contributed by atoms with Gasteiger partial charge in [-0.3, -0.25) is 0 Å². The molecule has 0 amide bonds. The van der Waals surface area contributed by atoms with Crippen LogP contribution < -0.4 is 5.32 Å². The maximum atomic E-state index is 13.1. The van der Waals surface area contributed by atoms with E-state index in [9.17, 15) is 8.78 Å². The third-order valence-corrected chi connectivity index (χ3v) is 2.86. The zero-order valence-corrected chi connectivity index (χ0v) is 10.8. The van der Waals surface area contributed by atoms with Crippen molar-refractivity contribution in [2.75, 3.05) is 11.9 Å². The Morgan fingerprint density at radius 3 is 2.47 bits per heavy atom. The number of halogens is 2. The number of aryl methyl sites for hydroxylation is 1. The average molecular weight is 263 g/mol. The van der Waals surface area contributed by atoms with Crippen LogP contribution in [0.3, 0.4) is 0 Å². The Hall–Kier alpha value is -2.04. The predicted molar refractivity (Wildman–Crippen MR) is 70.0 cm³/mol. The molecule has 0 bridgehead atoms. The molecule has 3 nitrogen and oxygen atoms in total. The van der Waals surface area contributed by atoms with Crippen LogP contribution in [0.1, 0.15) is 24.0 Å². The van der Waals surface area contributed by atoms with Crippen LogP contribution in [-0.2, 0) is 0 Å². The van der Waals surface area contributed by atoms with Crippen LogP contribution in [0.25, 0.3) is 0 Å². The lowest BCUT2D eigenvalue weighted by Crippen LogP contribution is -2.12. The van der Waals surface area contributed by atoms with Crippen LogP contribution in [0.5, 0.6) is 0 Å². The van der Waals surface area contributed by atoms with E-state index in [0.717, 1.165) is 17.2 Å². The Morgan fingerprint density at radius 1 is 1.16 bits per heavy atom. The molecule has 1 atom stereocenters. The number of aromatic nitrogens is 2. The summed E-state index contributed by atoms with van der Waals surface area (Å²) in [7, 11) is 0. The number of benzene rings is 1. The van der Waals surface area contributed by atoms with Crippen molar-refractivity contribution in [3.8, 4) is 0 Å². The molecule has 0 radical (unpaired) electrons. The molecule has 2 aromatic rings. The Morgan fingerprint density at radius 2 is 1.84 bits per heavy atom. The van der Waals surface area contributed by atoms with Crippen LogP contribution >= 0.6 is 0 Å². The second-order valence-corrected chi connectivity index (χ2v) is 4.54. The van der Waals surface area contributed by atoms with Gasteiger partial charge in [0.1, 0.15) is 0 Å². The van der Waals surface area contributed by atoms with Crippen molar-refractivity contribution < 1.29 is 8.78 Å². The topological polar surface area (TPSA) is 37.8 Å². The van der Waals surface area contributed by atoms with Crippen LogP contribution in [0.2, 0.25) is 0 Å². The van der Waals surface area contributed by atoms with Crippen LogP contribution in [0.15, 0.2) is 30.6 Å². The van der Waals surface area contributed by atoms with Gasteiger partial charge in [-0.05, 0) is 36.1 Å². The molecule has 0 fully saturated rings. The third kappa shape index (κ3) is 3.47. The van der Waals surface area contributed by atoms with Gasteiger partial charge in [-0.25, -0.2) is 18.7 Å². The first kappa shape index (κ1) is 13.4. The van der Waals surface area contributed by atoms with Gasteiger partial charge in [-0.2, -0.15) is 0 Å². The number of anilines is 1. The highest BCUT2D eigenvalue weighted by molar-refractivity contribution is 5.28. The van der Waals surface area contributed by atoms with Gasteiger partial charge in [-0.15, -0.1) is 0 Å². The zero-order valence-electron chi connectivity index (χ0n) is 10.8. The van der Waals surface area contributed by atoms with Crippen LogP contribution in [-0.4, -0.2) is 16.5 Å². The predicted octanol–water partition coefficient (Wildman–Crippen LogP) is 3.28. The molecule has 1 N–H and O–H groups in total. The van der Waals surface area contributed by atoms with Crippen molar-refractivity contribution in [2.24, 2.45) is 0 Å². The van der Waals surface area contributed by atoms with Crippen molar-refractivity contribution >= 4 is 5.95 Å². The fraction of sp³-hybridized carbons (Fsp3) is 0.286. The highest BCUT2D eigenvalue weighted by atomic mass is 19.2. The average Bonchev–Trinajstić information content (AvgIpc) is 2.41. The maximum absolute atomic E-state index is 13.1. The van der Waals surface area contributed by atoms with Gasteiger partial charge in [0.25, 0.3) is 0 Å². The molecular weight excluding hydrogens is 248 g/mol. The molecule has 0 aliphatic carbocycles. The second-order valence-electron chi connectivity index (χ2n) is 4.54. The van der Waals surface area contributed by atoms with Crippen molar-refractivity contribution in [3.63, 3.8) is 0 Å². The number of hydrogen-bond donors (Lipinski definition) is 1. The van der Waals surface area contributed by atoms with Crippen molar-refractivity contribution in [1.29, 1.82) is 0 Å². The van der Waals surface area contributed by atoms with Crippen LogP contribution in [0.4, 0.5) is 14.7 Å².